The zero-order chi connectivity index (χ0) is 17.9. The second-order valence-corrected chi connectivity index (χ2v) is 7.51. The maximum absolute atomic E-state index is 13.1. The summed E-state index contributed by atoms with van der Waals surface area (Å²) in [5, 5.41) is 2.57. The first-order valence-corrected chi connectivity index (χ1v) is 9.63. The van der Waals surface area contributed by atoms with Crippen molar-refractivity contribution in [2.24, 2.45) is 0 Å². The molecule has 0 aliphatic heterocycles. The molecule has 0 spiro atoms. The SMILES string of the molecule is COc1ccc2nc(N(Cc3ccncc3)C(=O)c3cccs3)sc2c1. The molecule has 0 aliphatic carbocycles. The fourth-order valence-corrected chi connectivity index (χ4v) is 4.23. The van der Waals surface area contributed by atoms with Crippen LogP contribution in [0.25, 0.3) is 10.2 Å². The molecular weight excluding hydrogens is 366 g/mol. The predicted octanol–water partition coefficient (Wildman–Crippen LogP) is 4.61. The van der Waals surface area contributed by atoms with Gasteiger partial charge in [0.25, 0.3) is 5.91 Å². The van der Waals surface area contributed by atoms with Crippen LogP contribution >= 0.6 is 22.7 Å². The first-order chi connectivity index (χ1) is 12.7. The van der Waals surface area contributed by atoms with Crippen molar-refractivity contribution in [1.29, 1.82) is 0 Å². The summed E-state index contributed by atoms with van der Waals surface area (Å²) in [5.41, 5.74) is 1.85. The lowest BCUT2D eigenvalue weighted by Crippen LogP contribution is -2.29. The lowest BCUT2D eigenvalue weighted by Gasteiger charge is -2.19. The van der Waals surface area contributed by atoms with E-state index in [9.17, 15) is 4.79 Å². The molecule has 5 nitrogen and oxygen atoms in total. The van der Waals surface area contributed by atoms with Crippen LogP contribution in [0.3, 0.4) is 0 Å². The summed E-state index contributed by atoms with van der Waals surface area (Å²) in [6.45, 7) is 0.441. The fraction of sp³-hybridized carbons (Fsp3) is 0.105. The van der Waals surface area contributed by atoms with E-state index in [1.807, 2.05) is 47.8 Å². The lowest BCUT2D eigenvalue weighted by molar-refractivity contribution is 0.0989. The number of aromatic nitrogens is 2. The molecule has 0 bridgehead atoms. The Bertz CT molecular complexity index is 1030. The summed E-state index contributed by atoms with van der Waals surface area (Å²) in [6, 6.07) is 13.3. The van der Waals surface area contributed by atoms with Crippen molar-refractivity contribution in [1.82, 2.24) is 9.97 Å². The van der Waals surface area contributed by atoms with Crippen molar-refractivity contribution >= 4 is 43.9 Å². The Morgan fingerprint density at radius 2 is 2.04 bits per heavy atom. The normalized spacial score (nSPS) is 10.8. The summed E-state index contributed by atoms with van der Waals surface area (Å²) in [6.07, 6.45) is 3.46. The molecule has 3 heterocycles. The van der Waals surface area contributed by atoms with Gasteiger partial charge in [-0.1, -0.05) is 17.4 Å². The minimum Gasteiger partial charge on any atom is -0.497 e. The van der Waals surface area contributed by atoms with Crippen LogP contribution in [0.2, 0.25) is 0 Å². The average molecular weight is 381 g/mol. The van der Waals surface area contributed by atoms with Crippen molar-refractivity contribution in [2.75, 3.05) is 12.0 Å². The van der Waals surface area contributed by atoms with Crippen LogP contribution in [0.5, 0.6) is 5.75 Å². The molecule has 130 valence electrons. The number of carbonyl (C=O) groups excluding carboxylic acids is 1. The first kappa shape index (κ1) is 16.7. The van der Waals surface area contributed by atoms with E-state index in [1.54, 1.807) is 24.4 Å². The molecule has 1 aromatic carbocycles. The number of benzene rings is 1. The quantitative estimate of drug-likeness (QED) is 0.507. The van der Waals surface area contributed by atoms with Gasteiger partial charge in [0.05, 0.1) is 28.7 Å². The van der Waals surface area contributed by atoms with Crippen molar-refractivity contribution in [2.45, 2.75) is 6.54 Å². The van der Waals surface area contributed by atoms with Crippen molar-refractivity contribution in [3.05, 3.63) is 70.7 Å². The Hall–Kier alpha value is -2.77. The number of pyridine rings is 1. The minimum atomic E-state index is -0.0529. The lowest BCUT2D eigenvalue weighted by atomic mass is 10.2. The highest BCUT2D eigenvalue weighted by Gasteiger charge is 2.22. The molecule has 4 aromatic rings. The number of thiazole rings is 1. The van der Waals surface area contributed by atoms with Crippen LogP contribution in [-0.4, -0.2) is 23.0 Å². The number of thiophene rings is 1. The molecule has 4 rings (SSSR count). The summed E-state index contributed by atoms with van der Waals surface area (Å²) in [4.78, 5) is 24.2. The van der Waals surface area contributed by atoms with Gasteiger partial charge in [-0.25, -0.2) is 4.98 Å². The molecule has 0 N–H and O–H groups in total. The maximum Gasteiger partial charge on any atom is 0.270 e. The van der Waals surface area contributed by atoms with Gasteiger partial charge in [-0.05, 0) is 47.3 Å². The third-order valence-corrected chi connectivity index (χ3v) is 5.78. The number of amides is 1. The third-order valence-electron chi connectivity index (χ3n) is 3.88. The van der Waals surface area contributed by atoms with Gasteiger partial charge in [-0.3, -0.25) is 14.7 Å². The van der Waals surface area contributed by atoms with Gasteiger partial charge >= 0.3 is 0 Å². The summed E-state index contributed by atoms with van der Waals surface area (Å²) >= 11 is 2.91. The number of anilines is 1. The van der Waals surface area contributed by atoms with Crippen LogP contribution in [0.15, 0.2) is 60.2 Å². The van der Waals surface area contributed by atoms with Crippen molar-refractivity contribution in [3.63, 3.8) is 0 Å². The number of rotatable bonds is 5. The fourth-order valence-electron chi connectivity index (χ4n) is 2.57. The summed E-state index contributed by atoms with van der Waals surface area (Å²) in [7, 11) is 1.64. The highest BCUT2D eigenvalue weighted by Crippen LogP contribution is 2.33. The Morgan fingerprint density at radius 3 is 2.77 bits per heavy atom. The van der Waals surface area contributed by atoms with E-state index >= 15 is 0 Å². The molecule has 0 aliphatic rings. The second-order valence-electron chi connectivity index (χ2n) is 5.55. The van der Waals surface area contributed by atoms with E-state index < -0.39 is 0 Å². The third kappa shape index (κ3) is 3.31. The molecule has 0 fully saturated rings. The molecule has 0 saturated carbocycles. The van der Waals surface area contributed by atoms with E-state index in [2.05, 4.69) is 9.97 Å². The van der Waals surface area contributed by atoms with Gasteiger partial charge in [0.2, 0.25) is 0 Å². The van der Waals surface area contributed by atoms with Gasteiger partial charge in [0, 0.05) is 12.4 Å². The predicted molar refractivity (Wildman–Crippen MR) is 105 cm³/mol. The van der Waals surface area contributed by atoms with E-state index in [1.165, 1.54) is 22.7 Å². The molecule has 26 heavy (non-hydrogen) atoms. The summed E-state index contributed by atoms with van der Waals surface area (Å²) in [5.74, 6) is 0.723. The standard InChI is InChI=1S/C19H15N3O2S2/c1-24-14-4-5-15-17(11-14)26-19(21-15)22(12-13-6-8-20-9-7-13)18(23)16-3-2-10-25-16/h2-11H,12H2,1H3. The topological polar surface area (TPSA) is 55.3 Å². The molecule has 0 radical (unpaired) electrons. The number of hydrogen-bond acceptors (Lipinski definition) is 6. The van der Waals surface area contributed by atoms with Crippen molar-refractivity contribution < 1.29 is 9.53 Å². The van der Waals surface area contributed by atoms with E-state index in [0.29, 0.717) is 16.6 Å². The Labute approximate surface area is 158 Å². The summed E-state index contributed by atoms with van der Waals surface area (Å²) < 4.78 is 6.27. The van der Waals surface area contributed by atoms with Crippen LogP contribution in [0.1, 0.15) is 15.2 Å². The monoisotopic (exact) mass is 381 g/mol. The van der Waals surface area contributed by atoms with Gasteiger partial charge in [0.15, 0.2) is 5.13 Å². The van der Waals surface area contributed by atoms with Gasteiger partial charge in [-0.15, -0.1) is 11.3 Å². The van der Waals surface area contributed by atoms with Gasteiger partial charge in [-0.2, -0.15) is 0 Å². The van der Waals surface area contributed by atoms with Gasteiger partial charge < -0.3 is 4.74 Å². The Morgan fingerprint density at radius 1 is 1.19 bits per heavy atom. The highest BCUT2D eigenvalue weighted by atomic mass is 32.1. The van der Waals surface area contributed by atoms with E-state index in [0.717, 1.165) is 21.5 Å². The smallest absolute Gasteiger partial charge is 0.270 e. The largest absolute Gasteiger partial charge is 0.497 e. The van der Waals surface area contributed by atoms with E-state index in [-0.39, 0.29) is 5.91 Å². The zero-order valence-electron chi connectivity index (χ0n) is 14.0. The molecule has 7 heteroatoms. The number of methoxy groups -OCH3 is 1. The minimum absolute atomic E-state index is 0.0529. The van der Waals surface area contributed by atoms with Gasteiger partial charge in [0.1, 0.15) is 5.75 Å². The maximum atomic E-state index is 13.1. The number of ether oxygens (including phenoxy) is 1. The zero-order valence-corrected chi connectivity index (χ0v) is 15.6. The van der Waals surface area contributed by atoms with E-state index in [4.69, 9.17) is 4.74 Å². The second kappa shape index (κ2) is 7.23. The number of carbonyl (C=O) groups is 1. The average Bonchev–Trinajstić information content (AvgIpc) is 3.35. The molecular formula is C19H15N3O2S2. The van der Waals surface area contributed by atoms with Crippen LogP contribution in [-0.2, 0) is 6.54 Å². The van der Waals surface area contributed by atoms with Crippen molar-refractivity contribution in [3.8, 4) is 5.75 Å². The van der Waals surface area contributed by atoms with Crippen LogP contribution in [0, 0.1) is 0 Å². The van der Waals surface area contributed by atoms with Crippen LogP contribution in [0.4, 0.5) is 5.13 Å². The van der Waals surface area contributed by atoms with Crippen LogP contribution < -0.4 is 9.64 Å². The Kier molecular flexibility index (Phi) is 4.64. The molecule has 0 saturated heterocycles. The Balaban J connectivity index is 1.75. The number of nitrogens with zero attached hydrogens (tertiary/aromatic N) is 3. The number of hydrogen-bond donors (Lipinski definition) is 0. The molecule has 0 atom stereocenters. The molecule has 1 amide bonds. The first-order valence-electron chi connectivity index (χ1n) is 7.93. The highest BCUT2D eigenvalue weighted by molar-refractivity contribution is 7.22. The molecule has 0 unspecified atom stereocenters. The number of fused-ring (bicyclic) bond motifs is 1. The molecule has 3 aromatic heterocycles.